The van der Waals surface area contributed by atoms with Gasteiger partial charge >= 0.3 is 6.03 Å². The predicted molar refractivity (Wildman–Crippen MR) is 161 cm³/mol. The molecule has 0 unspecified atom stereocenters. The van der Waals surface area contributed by atoms with Crippen molar-refractivity contribution in [3.8, 4) is 11.5 Å². The number of halogens is 2. The molecule has 0 aromatic heterocycles. The van der Waals surface area contributed by atoms with Crippen molar-refractivity contribution in [3.63, 3.8) is 0 Å². The first-order valence-corrected chi connectivity index (χ1v) is 13.8. The molecule has 0 spiro atoms. The Morgan fingerprint density at radius 3 is 2.51 bits per heavy atom. The predicted octanol–water partition coefficient (Wildman–Crippen LogP) is 6.11. The number of rotatable bonds is 8. The molecule has 3 aromatic rings. The van der Waals surface area contributed by atoms with Crippen LogP contribution in [-0.2, 0) is 14.4 Å². The minimum atomic E-state index is -0.879. The van der Waals surface area contributed by atoms with E-state index in [1.54, 1.807) is 38.1 Å². The Kier molecular flexibility index (Phi) is 9.14. The molecule has 1 aliphatic rings. The molecule has 9 nitrogen and oxygen atoms in total. The summed E-state index contributed by atoms with van der Waals surface area (Å²) in [5.41, 5.74) is 3.85. The van der Waals surface area contributed by atoms with E-state index in [1.807, 2.05) is 32.0 Å². The average Bonchev–Trinajstić information content (AvgIpc) is 2.91. The number of amides is 5. The highest BCUT2D eigenvalue weighted by Crippen LogP contribution is 2.38. The minimum absolute atomic E-state index is 0.223. The number of urea groups is 1. The van der Waals surface area contributed by atoms with Gasteiger partial charge in [0.2, 0.25) is 0 Å². The van der Waals surface area contributed by atoms with Crippen LogP contribution in [0.25, 0.3) is 6.08 Å². The third-order valence-corrected chi connectivity index (χ3v) is 7.38. The molecular formula is C30H27BrClN3O6. The van der Waals surface area contributed by atoms with Gasteiger partial charge in [-0.2, -0.15) is 0 Å². The number of imide groups is 2. The van der Waals surface area contributed by atoms with Crippen molar-refractivity contribution >= 4 is 68.7 Å². The van der Waals surface area contributed by atoms with Crippen molar-refractivity contribution in [3.05, 3.63) is 85.9 Å². The van der Waals surface area contributed by atoms with Crippen LogP contribution < -0.4 is 25.0 Å². The lowest BCUT2D eigenvalue weighted by Gasteiger charge is -2.26. The molecule has 1 heterocycles. The van der Waals surface area contributed by atoms with Crippen molar-refractivity contribution < 1.29 is 28.7 Å². The van der Waals surface area contributed by atoms with Crippen LogP contribution in [-0.4, -0.2) is 37.0 Å². The van der Waals surface area contributed by atoms with Crippen molar-refractivity contribution in [2.45, 2.75) is 27.7 Å². The van der Waals surface area contributed by atoms with Crippen molar-refractivity contribution in [1.82, 2.24) is 5.32 Å². The molecule has 1 fully saturated rings. The quantitative estimate of drug-likeness (QED) is 0.227. The normalized spacial score (nSPS) is 14.2. The molecular weight excluding hydrogens is 614 g/mol. The van der Waals surface area contributed by atoms with Gasteiger partial charge in [0.25, 0.3) is 17.7 Å². The summed E-state index contributed by atoms with van der Waals surface area (Å²) < 4.78 is 12.0. The van der Waals surface area contributed by atoms with Gasteiger partial charge in [-0.05, 0) is 102 Å². The Morgan fingerprint density at radius 2 is 1.80 bits per heavy atom. The summed E-state index contributed by atoms with van der Waals surface area (Å²) in [5, 5.41) is 5.41. The Balaban J connectivity index is 1.59. The third-order valence-electron chi connectivity index (χ3n) is 6.38. The second-order valence-corrected chi connectivity index (χ2v) is 10.5. The summed E-state index contributed by atoms with van der Waals surface area (Å²) in [6.45, 7) is 7.45. The molecule has 0 radical (unpaired) electrons. The highest BCUT2D eigenvalue weighted by Gasteiger charge is 2.37. The topological polar surface area (TPSA) is 114 Å². The maximum Gasteiger partial charge on any atom is 0.335 e. The number of barbiturate groups is 1. The molecule has 0 aliphatic carbocycles. The van der Waals surface area contributed by atoms with Crippen LogP contribution in [0.4, 0.5) is 16.2 Å². The van der Waals surface area contributed by atoms with Crippen molar-refractivity contribution in [1.29, 1.82) is 0 Å². The number of carbonyl (C=O) groups is 4. The van der Waals surface area contributed by atoms with Crippen LogP contribution in [0, 0.1) is 20.8 Å². The molecule has 1 aliphatic heterocycles. The lowest BCUT2D eigenvalue weighted by atomic mass is 10.1. The van der Waals surface area contributed by atoms with E-state index in [4.69, 9.17) is 21.1 Å². The van der Waals surface area contributed by atoms with E-state index < -0.39 is 17.8 Å². The Hall–Kier alpha value is -4.15. The van der Waals surface area contributed by atoms with Gasteiger partial charge in [-0.1, -0.05) is 29.8 Å². The molecule has 4 rings (SSSR count). The fraction of sp³-hybridized carbons (Fsp3) is 0.200. The van der Waals surface area contributed by atoms with Crippen molar-refractivity contribution in [2.24, 2.45) is 0 Å². The van der Waals surface area contributed by atoms with Gasteiger partial charge in [-0.3, -0.25) is 19.7 Å². The second kappa shape index (κ2) is 12.6. The average molecular weight is 641 g/mol. The van der Waals surface area contributed by atoms with Crippen LogP contribution in [0.5, 0.6) is 11.5 Å². The summed E-state index contributed by atoms with van der Waals surface area (Å²) in [6, 6.07) is 12.7. The fourth-order valence-electron chi connectivity index (χ4n) is 4.06. The number of nitrogens with one attached hydrogen (secondary N) is 2. The Labute approximate surface area is 250 Å². The summed E-state index contributed by atoms with van der Waals surface area (Å²) >= 11 is 9.64. The monoisotopic (exact) mass is 639 g/mol. The first kappa shape index (κ1) is 29.8. The van der Waals surface area contributed by atoms with Gasteiger partial charge in [0.1, 0.15) is 5.57 Å². The molecule has 212 valence electrons. The van der Waals surface area contributed by atoms with Gasteiger partial charge in [-0.25, -0.2) is 9.69 Å². The first-order chi connectivity index (χ1) is 19.5. The smallest absolute Gasteiger partial charge is 0.335 e. The van der Waals surface area contributed by atoms with Gasteiger partial charge in [0, 0.05) is 10.7 Å². The number of carbonyl (C=O) groups excluding carboxylic acids is 4. The van der Waals surface area contributed by atoms with E-state index >= 15 is 0 Å². The number of hydrogen-bond acceptors (Lipinski definition) is 6. The Bertz CT molecular complexity index is 1600. The van der Waals surface area contributed by atoms with Gasteiger partial charge < -0.3 is 14.8 Å². The number of hydrogen-bond donors (Lipinski definition) is 2. The number of ether oxygens (including phenoxy) is 2. The minimum Gasteiger partial charge on any atom is -0.490 e. The van der Waals surface area contributed by atoms with Gasteiger partial charge in [0.05, 0.1) is 16.8 Å². The molecule has 2 N–H and O–H groups in total. The van der Waals surface area contributed by atoms with Crippen LogP contribution in [0.1, 0.15) is 29.2 Å². The molecule has 11 heteroatoms. The van der Waals surface area contributed by atoms with Crippen LogP contribution in [0.15, 0.2) is 58.6 Å². The van der Waals surface area contributed by atoms with E-state index in [2.05, 4.69) is 26.6 Å². The molecule has 0 atom stereocenters. The largest absolute Gasteiger partial charge is 0.490 e. The zero-order valence-electron chi connectivity index (χ0n) is 22.8. The highest BCUT2D eigenvalue weighted by atomic mass is 79.9. The summed E-state index contributed by atoms with van der Waals surface area (Å²) in [5.74, 6) is -1.45. The standard InChI is InChI=1S/C30H27BrClN3O6/c1-5-40-25-13-19(12-22(31)27(25)41-15-26(36)33-24-8-6-7-16(2)18(24)4)11-21-28(37)34-30(39)35(29(21)38)20-10-9-17(3)23(32)14-20/h6-14H,5,15H2,1-4H3,(H,33,36)(H,34,37,39)/b21-11+. The third kappa shape index (κ3) is 6.61. The van der Waals surface area contributed by atoms with Crippen molar-refractivity contribution in [2.75, 3.05) is 23.4 Å². The number of aryl methyl sites for hydroxylation is 2. The SMILES string of the molecule is CCOc1cc(/C=C2\C(=O)NC(=O)N(c3ccc(C)c(Cl)c3)C2=O)cc(Br)c1OCC(=O)Nc1cccc(C)c1C. The maximum atomic E-state index is 13.3. The summed E-state index contributed by atoms with van der Waals surface area (Å²) in [6.07, 6.45) is 1.34. The fourth-order valence-corrected chi connectivity index (χ4v) is 4.81. The van der Waals surface area contributed by atoms with E-state index in [0.29, 0.717) is 20.7 Å². The van der Waals surface area contributed by atoms with E-state index in [9.17, 15) is 19.2 Å². The van der Waals surface area contributed by atoms with E-state index in [1.165, 1.54) is 12.1 Å². The first-order valence-electron chi connectivity index (χ1n) is 12.6. The maximum absolute atomic E-state index is 13.3. The van der Waals surface area contributed by atoms with Gasteiger partial charge in [0.15, 0.2) is 18.1 Å². The molecule has 0 saturated carbocycles. The highest BCUT2D eigenvalue weighted by molar-refractivity contribution is 9.10. The zero-order valence-corrected chi connectivity index (χ0v) is 25.1. The van der Waals surface area contributed by atoms with Gasteiger partial charge in [-0.15, -0.1) is 0 Å². The summed E-state index contributed by atoms with van der Waals surface area (Å²) in [7, 11) is 0. The second-order valence-electron chi connectivity index (χ2n) is 9.24. The number of benzene rings is 3. The lowest BCUT2D eigenvalue weighted by Crippen LogP contribution is -2.54. The molecule has 3 aromatic carbocycles. The van der Waals surface area contributed by atoms with E-state index in [0.717, 1.165) is 21.6 Å². The molecule has 1 saturated heterocycles. The molecule has 0 bridgehead atoms. The molecule has 5 amide bonds. The van der Waals surface area contributed by atoms with Crippen LogP contribution in [0.2, 0.25) is 5.02 Å². The van der Waals surface area contributed by atoms with Crippen LogP contribution >= 0.6 is 27.5 Å². The molecule has 41 heavy (non-hydrogen) atoms. The number of anilines is 2. The summed E-state index contributed by atoms with van der Waals surface area (Å²) in [4.78, 5) is 52.0. The van der Waals surface area contributed by atoms with Crippen LogP contribution in [0.3, 0.4) is 0 Å². The Morgan fingerprint density at radius 1 is 1.05 bits per heavy atom. The lowest BCUT2D eigenvalue weighted by molar-refractivity contribution is -0.122. The van der Waals surface area contributed by atoms with E-state index in [-0.39, 0.29) is 41.9 Å². The zero-order chi connectivity index (χ0) is 29.8. The number of nitrogens with zero attached hydrogens (tertiary/aromatic N) is 1.